The number of aryl methyl sites for hydroxylation is 1. The molecular formula is C84H101N9O16. The molecule has 1 unspecified atom stereocenters. The number of benzene rings is 6. The summed E-state index contributed by atoms with van der Waals surface area (Å²) in [5.41, 5.74) is 11.4. The van der Waals surface area contributed by atoms with E-state index in [1.54, 1.807) is 48.1 Å². The van der Waals surface area contributed by atoms with Gasteiger partial charge in [-0.25, -0.2) is 14.2 Å². The minimum Gasteiger partial charge on any atom is -0.449 e. The van der Waals surface area contributed by atoms with Crippen molar-refractivity contribution in [3.05, 3.63) is 167 Å². The molecule has 0 radical (unpaired) electrons. The number of methoxy groups -OCH3 is 2. The summed E-state index contributed by atoms with van der Waals surface area (Å²) in [6.07, 6.45) is 2.92. The van der Waals surface area contributed by atoms with E-state index in [1.165, 1.54) is 7.05 Å². The van der Waals surface area contributed by atoms with E-state index in [0.717, 1.165) is 61.6 Å². The quantitative estimate of drug-likeness (QED) is 0.0176. The number of amides is 3. The first-order chi connectivity index (χ1) is 53.1. The normalized spacial score (nSPS) is 13.3. The van der Waals surface area contributed by atoms with Gasteiger partial charge in [0.1, 0.15) is 29.6 Å². The molecule has 0 fully saturated rings. The van der Waals surface area contributed by atoms with Gasteiger partial charge < -0.3 is 59.2 Å². The molecular weight excluding hydrogens is 1390 g/mol. The fraction of sp³-hybridized carbons (Fsp3) is 0.440. The van der Waals surface area contributed by atoms with Crippen molar-refractivity contribution < 1.29 is 77.7 Å². The number of Topliss-reactive ketones (excluding diaryl/α,β-unsaturated/α-hetero) is 4. The molecule has 109 heavy (non-hydrogen) atoms. The van der Waals surface area contributed by atoms with Crippen LogP contribution in [0.5, 0.6) is 0 Å². The predicted molar refractivity (Wildman–Crippen MR) is 412 cm³/mol. The van der Waals surface area contributed by atoms with Crippen molar-refractivity contribution in [2.45, 2.75) is 136 Å². The van der Waals surface area contributed by atoms with Gasteiger partial charge in [-0.2, -0.15) is 0 Å². The van der Waals surface area contributed by atoms with Crippen molar-refractivity contribution in [2.24, 2.45) is 10.8 Å². The summed E-state index contributed by atoms with van der Waals surface area (Å²) in [4.78, 5) is 97.4. The van der Waals surface area contributed by atoms with Crippen LogP contribution in [-0.2, 0) is 69.0 Å². The van der Waals surface area contributed by atoms with Crippen LogP contribution in [0.15, 0.2) is 133 Å². The zero-order chi connectivity index (χ0) is 77.5. The number of ether oxygens (including phenoxy) is 5. The molecule has 1 atom stereocenters. The van der Waals surface area contributed by atoms with E-state index in [4.69, 9.17) is 23.7 Å². The largest absolute Gasteiger partial charge is 0.449 e. The molecule has 6 aromatic carbocycles. The van der Waals surface area contributed by atoms with Crippen LogP contribution in [-0.4, -0.2) is 185 Å². The number of para-hydroxylation sites is 2. The Balaban J connectivity index is 0.000000327. The molecule has 2 aliphatic heterocycles. The standard InChI is InChI=1S/C59H73N5O13.C25H28N4O3/c1-4-75-33-25-58(21-28-65,22-29-66)55(71)40-16-18-45-46-19-17-41(37-49(46)50(48(45)36-40)39-77-57(73)60-2)56(72)59(23-30-67,24-31-68)26-34-76-35-27-64-54-47-13-7-8-14-51(47)63(52(70)15-9-11-43(69)20-32-74-3)38-42-10-5-6-12-44(42)53(54)61-62-64;1-3-29-25-21-12-6-7-13-22(21)28(23(31)14-8-10-19(30)15-16-32-2)17-18-9-4-5-11-20(18)24(25)26-27-29/h5-8,10,12-14,16-19,36-37,50,65-68H,4,9,11,15,20-35,38-39H2,1-3H3,(H,60,73);4-7,9,11-13H,3,8,10,14-17H2,1-2H3. The third kappa shape index (κ3) is 19.1. The minimum atomic E-state index is -1.24. The lowest BCUT2D eigenvalue weighted by Gasteiger charge is -2.32. The molecule has 0 spiro atoms. The molecule has 0 bridgehead atoms. The van der Waals surface area contributed by atoms with E-state index < -0.39 is 22.8 Å². The van der Waals surface area contributed by atoms with Crippen LogP contribution in [0.25, 0.3) is 56.2 Å². The lowest BCUT2D eigenvalue weighted by atomic mass is 9.72. The van der Waals surface area contributed by atoms with E-state index in [-0.39, 0.29) is 139 Å². The minimum absolute atomic E-state index is 0.00534. The number of aromatic nitrogens is 6. The highest BCUT2D eigenvalue weighted by Crippen LogP contribution is 2.49. The van der Waals surface area contributed by atoms with Gasteiger partial charge in [0.15, 0.2) is 11.6 Å². The van der Waals surface area contributed by atoms with E-state index >= 15 is 0 Å². The van der Waals surface area contributed by atoms with Gasteiger partial charge in [-0.05, 0) is 123 Å². The summed E-state index contributed by atoms with van der Waals surface area (Å²) in [6, 6.07) is 42.0. The second kappa shape index (κ2) is 39.5. The van der Waals surface area contributed by atoms with Gasteiger partial charge in [-0.3, -0.25) is 28.8 Å². The first-order valence-corrected chi connectivity index (χ1v) is 37.7. The summed E-state index contributed by atoms with van der Waals surface area (Å²) in [6.45, 7) is 5.97. The summed E-state index contributed by atoms with van der Waals surface area (Å²) >= 11 is 0. The van der Waals surface area contributed by atoms with Crippen molar-refractivity contribution in [1.29, 1.82) is 0 Å². The molecule has 8 aromatic rings. The second-order valence-electron chi connectivity index (χ2n) is 27.6. The van der Waals surface area contributed by atoms with Gasteiger partial charge in [-0.1, -0.05) is 120 Å². The van der Waals surface area contributed by atoms with E-state index in [2.05, 4.69) is 25.9 Å². The van der Waals surface area contributed by atoms with Crippen molar-refractivity contribution in [3.8, 4) is 56.2 Å². The zero-order valence-corrected chi connectivity index (χ0v) is 63.1. The highest BCUT2D eigenvalue weighted by molar-refractivity contribution is 6.05. The number of nitrogens with zero attached hydrogens (tertiary/aromatic N) is 8. The average molecular weight is 1490 g/mol. The first-order valence-electron chi connectivity index (χ1n) is 37.7. The third-order valence-electron chi connectivity index (χ3n) is 21.0. The predicted octanol–water partition coefficient (Wildman–Crippen LogP) is 11.4. The van der Waals surface area contributed by atoms with Gasteiger partial charge >= 0.3 is 6.09 Å². The maximum Gasteiger partial charge on any atom is 0.406 e. The highest BCUT2D eigenvalue weighted by atomic mass is 16.5. The Morgan fingerprint density at radius 1 is 0.486 bits per heavy atom. The first kappa shape index (κ1) is 81.7. The number of aliphatic hydroxyl groups is 4. The summed E-state index contributed by atoms with van der Waals surface area (Å²) in [5, 5.41) is 61.7. The van der Waals surface area contributed by atoms with Crippen molar-refractivity contribution in [1.82, 2.24) is 35.3 Å². The molecule has 25 nitrogen and oxygen atoms in total. The molecule has 4 heterocycles. The van der Waals surface area contributed by atoms with Crippen LogP contribution in [0.4, 0.5) is 16.2 Å². The lowest BCUT2D eigenvalue weighted by Crippen LogP contribution is -2.35. The number of anilines is 2. The van der Waals surface area contributed by atoms with Gasteiger partial charge in [0.25, 0.3) is 0 Å². The van der Waals surface area contributed by atoms with Crippen LogP contribution >= 0.6 is 0 Å². The molecule has 578 valence electrons. The molecule has 5 N–H and O–H groups in total. The number of fused-ring (bicyclic) bond motifs is 13. The van der Waals surface area contributed by atoms with Gasteiger partial charge in [0.2, 0.25) is 11.8 Å². The fourth-order valence-electron chi connectivity index (χ4n) is 15.2. The number of rotatable bonds is 39. The van der Waals surface area contributed by atoms with Crippen molar-refractivity contribution in [2.75, 3.05) is 104 Å². The summed E-state index contributed by atoms with van der Waals surface area (Å²) in [5.74, 6) is -1.08. The monoisotopic (exact) mass is 1490 g/mol. The van der Waals surface area contributed by atoms with Crippen LogP contribution in [0, 0.1) is 10.8 Å². The summed E-state index contributed by atoms with van der Waals surface area (Å²) < 4.78 is 31.2. The zero-order valence-electron chi connectivity index (χ0n) is 63.1. The van der Waals surface area contributed by atoms with E-state index in [1.807, 2.05) is 133 Å². The number of alkyl carbamates (subject to hydrolysis) is 1. The molecule has 3 aliphatic rings. The van der Waals surface area contributed by atoms with E-state index in [0.29, 0.717) is 124 Å². The Labute approximate surface area is 635 Å². The molecule has 25 heteroatoms. The Morgan fingerprint density at radius 3 is 1.36 bits per heavy atom. The SMILES string of the molecule is CCOCCC(CCO)(CCO)C(=O)c1ccc2c(c1)C(COC(=O)NC)c1cc(C(=O)C(CCO)(CCO)CCOCCn3nnc4c3-c3ccccc3N(C(=O)CCCC(=O)CCOC)Cc3ccccc3-4)ccc1-2.CCn1nnc2c1-c1ccccc1N(C(=O)CCCC(=O)CCOC)Cc1ccccc1-2. The highest BCUT2D eigenvalue weighted by Gasteiger charge is 2.42. The number of hydrogen-bond donors (Lipinski definition) is 5. The van der Waals surface area contributed by atoms with Gasteiger partial charge in [0.05, 0.1) is 62.2 Å². The topological polar surface area (TPSA) is 326 Å². The second-order valence-corrected chi connectivity index (χ2v) is 27.6. The van der Waals surface area contributed by atoms with Gasteiger partial charge in [0, 0.05) is 163 Å². The van der Waals surface area contributed by atoms with Gasteiger partial charge in [-0.15, -0.1) is 10.2 Å². The Kier molecular flexibility index (Phi) is 29.6. The molecule has 1 aliphatic carbocycles. The lowest BCUT2D eigenvalue weighted by molar-refractivity contribution is -0.122. The van der Waals surface area contributed by atoms with E-state index in [9.17, 15) is 54.0 Å². The van der Waals surface area contributed by atoms with Crippen molar-refractivity contribution >= 4 is 52.4 Å². The number of carbonyl (C=O) groups is 7. The van der Waals surface area contributed by atoms with Crippen LogP contribution in [0.3, 0.4) is 0 Å². The van der Waals surface area contributed by atoms with Crippen molar-refractivity contribution in [3.63, 3.8) is 0 Å². The Bertz CT molecular complexity index is 4460. The maximum absolute atomic E-state index is 15.0. The Hall–Kier alpha value is -9.83. The molecule has 3 amide bonds. The molecule has 0 saturated heterocycles. The number of ketones is 4. The fourth-order valence-corrected chi connectivity index (χ4v) is 15.2. The average Bonchev–Trinajstić information content (AvgIpc) is 1.63. The van der Waals surface area contributed by atoms with Crippen LogP contribution < -0.4 is 15.1 Å². The number of carbonyl (C=O) groups excluding carboxylic acids is 7. The van der Waals surface area contributed by atoms with Crippen LogP contribution in [0.1, 0.15) is 153 Å². The molecule has 2 aromatic heterocycles. The molecule has 11 rings (SSSR count). The number of hydrogen-bond acceptors (Lipinski definition) is 20. The maximum atomic E-state index is 15.0. The smallest absolute Gasteiger partial charge is 0.406 e. The van der Waals surface area contributed by atoms with Crippen LogP contribution in [0.2, 0.25) is 0 Å². The number of nitrogens with one attached hydrogen (secondary N) is 1. The third-order valence-corrected chi connectivity index (χ3v) is 21.0. The number of aliphatic hydroxyl groups excluding tert-OH is 4. The molecule has 0 saturated carbocycles. The summed E-state index contributed by atoms with van der Waals surface area (Å²) in [7, 11) is 4.58. The Morgan fingerprint density at radius 2 is 0.917 bits per heavy atom.